The van der Waals surface area contributed by atoms with Gasteiger partial charge >= 0.3 is 0 Å². The number of hydrogen-bond donors (Lipinski definition) is 1. The molecule has 1 N–H and O–H groups in total. The van der Waals surface area contributed by atoms with E-state index in [0.29, 0.717) is 5.56 Å². The monoisotopic (exact) mass is 454 g/mol. The van der Waals surface area contributed by atoms with E-state index in [9.17, 15) is 9.18 Å². The number of benzene rings is 3. The molecular formula is C30H31FN2O. The second-order valence-electron chi connectivity index (χ2n) is 8.84. The molecule has 1 amide bonds. The maximum absolute atomic E-state index is 13.9. The molecule has 4 aromatic rings. The minimum Gasteiger partial charge on any atom is -0.343 e. The fraction of sp³-hybridized carbons (Fsp3) is 0.233. The van der Waals surface area contributed by atoms with E-state index < -0.39 is 0 Å². The van der Waals surface area contributed by atoms with Crippen LogP contribution in [0.25, 0.3) is 22.4 Å². The average molecular weight is 455 g/mol. The maximum atomic E-state index is 13.9. The van der Waals surface area contributed by atoms with Crippen LogP contribution in [-0.4, -0.2) is 10.5 Å². The summed E-state index contributed by atoms with van der Waals surface area (Å²) in [6.45, 7) is 7.20. The number of amides is 1. The number of rotatable bonds is 8. The van der Waals surface area contributed by atoms with Crippen LogP contribution in [0.1, 0.15) is 55.6 Å². The predicted molar refractivity (Wildman–Crippen MR) is 139 cm³/mol. The van der Waals surface area contributed by atoms with Gasteiger partial charge in [0.2, 0.25) is 0 Å². The first-order valence-corrected chi connectivity index (χ1v) is 11.9. The van der Waals surface area contributed by atoms with Crippen LogP contribution in [-0.2, 0) is 6.54 Å². The van der Waals surface area contributed by atoms with Crippen LogP contribution in [0.15, 0.2) is 84.9 Å². The van der Waals surface area contributed by atoms with Crippen LogP contribution in [0.3, 0.4) is 0 Å². The van der Waals surface area contributed by atoms with E-state index in [2.05, 4.69) is 30.7 Å². The summed E-state index contributed by atoms with van der Waals surface area (Å²) in [6, 6.07) is 26.1. The molecule has 0 bridgehead atoms. The Kier molecular flexibility index (Phi) is 7.27. The lowest BCUT2D eigenvalue weighted by Crippen LogP contribution is -2.16. The lowest BCUT2D eigenvalue weighted by Gasteiger charge is -2.17. The quantitative estimate of drug-likeness (QED) is 0.286. The molecule has 0 saturated heterocycles. The maximum Gasteiger partial charge on any atom is 0.258 e. The Bertz CT molecular complexity index is 1240. The fourth-order valence-electron chi connectivity index (χ4n) is 4.52. The number of unbranched alkanes of at least 4 members (excludes halogenated alkanes) is 1. The van der Waals surface area contributed by atoms with Crippen molar-refractivity contribution in [2.24, 2.45) is 0 Å². The topological polar surface area (TPSA) is 34.0 Å². The number of nitrogens with zero attached hydrogens (tertiary/aromatic N) is 1. The zero-order chi connectivity index (χ0) is 24.1. The molecule has 0 fully saturated rings. The predicted octanol–water partition coefficient (Wildman–Crippen LogP) is 8.14. The summed E-state index contributed by atoms with van der Waals surface area (Å²) in [6.07, 6.45) is 2.02. The zero-order valence-corrected chi connectivity index (χ0v) is 20.0. The van der Waals surface area contributed by atoms with E-state index in [0.717, 1.165) is 53.2 Å². The molecule has 0 atom stereocenters. The minimum absolute atomic E-state index is 0.116. The van der Waals surface area contributed by atoms with E-state index >= 15 is 0 Å². The van der Waals surface area contributed by atoms with Crippen LogP contribution in [0, 0.1) is 5.82 Å². The van der Waals surface area contributed by atoms with Gasteiger partial charge in [-0.2, -0.15) is 0 Å². The molecule has 0 aliphatic carbocycles. The molecule has 4 rings (SSSR count). The molecular weight excluding hydrogens is 423 g/mol. The summed E-state index contributed by atoms with van der Waals surface area (Å²) in [7, 11) is 0. The third kappa shape index (κ3) is 4.81. The number of hydrogen-bond acceptors (Lipinski definition) is 1. The smallest absolute Gasteiger partial charge is 0.258 e. The highest BCUT2D eigenvalue weighted by Gasteiger charge is 2.30. The highest BCUT2D eigenvalue weighted by molar-refractivity contribution is 6.12. The summed E-state index contributed by atoms with van der Waals surface area (Å²) in [4.78, 5) is 13.9. The van der Waals surface area contributed by atoms with Gasteiger partial charge in [-0.3, -0.25) is 4.79 Å². The molecule has 0 aliphatic heterocycles. The molecule has 174 valence electrons. The van der Waals surface area contributed by atoms with Gasteiger partial charge in [0.25, 0.3) is 5.91 Å². The highest BCUT2D eigenvalue weighted by Crippen LogP contribution is 2.42. The van der Waals surface area contributed by atoms with Gasteiger partial charge in [-0.1, -0.05) is 75.7 Å². The van der Waals surface area contributed by atoms with Crippen molar-refractivity contribution in [3.63, 3.8) is 0 Å². The molecule has 3 nitrogen and oxygen atoms in total. The van der Waals surface area contributed by atoms with Gasteiger partial charge in [-0.05, 0) is 59.9 Å². The Morgan fingerprint density at radius 3 is 2.09 bits per heavy atom. The van der Waals surface area contributed by atoms with Crippen molar-refractivity contribution in [1.29, 1.82) is 0 Å². The Balaban J connectivity index is 2.03. The van der Waals surface area contributed by atoms with Crippen LogP contribution < -0.4 is 5.32 Å². The third-order valence-electron chi connectivity index (χ3n) is 6.02. The summed E-state index contributed by atoms with van der Waals surface area (Å²) >= 11 is 0. The van der Waals surface area contributed by atoms with Crippen molar-refractivity contribution in [2.45, 2.75) is 46.1 Å². The Morgan fingerprint density at radius 2 is 1.50 bits per heavy atom. The molecule has 0 unspecified atom stereocenters. The molecule has 3 aromatic carbocycles. The highest BCUT2D eigenvalue weighted by atomic mass is 19.1. The van der Waals surface area contributed by atoms with Crippen molar-refractivity contribution < 1.29 is 9.18 Å². The summed E-state index contributed by atoms with van der Waals surface area (Å²) < 4.78 is 16.1. The largest absolute Gasteiger partial charge is 0.343 e. The Morgan fingerprint density at radius 1 is 0.882 bits per heavy atom. The van der Waals surface area contributed by atoms with E-state index in [4.69, 9.17) is 0 Å². The first-order chi connectivity index (χ1) is 16.5. The second-order valence-corrected chi connectivity index (χ2v) is 8.84. The minimum atomic E-state index is -0.275. The average Bonchev–Trinajstić information content (AvgIpc) is 3.20. The molecule has 4 heteroatoms. The standard InChI is InChI=1S/C30H31FN2O/c1-4-5-20-33-28(21(2)3)27(30(34)32-25-14-10-7-11-15-25)26(22-12-8-6-9-13-22)29(33)23-16-18-24(31)19-17-23/h6-19,21H,4-5,20H2,1-3H3,(H,32,34). The molecule has 1 aromatic heterocycles. The second kappa shape index (κ2) is 10.5. The van der Waals surface area contributed by atoms with Crippen LogP contribution in [0.4, 0.5) is 10.1 Å². The number of nitrogens with one attached hydrogen (secondary N) is 1. The van der Waals surface area contributed by atoms with E-state index in [-0.39, 0.29) is 17.6 Å². The van der Waals surface area contributed by atoms with Crippen molar-refractivity contribution in [3.8, 4) is 22.4 Å². The van der Waals surface area contributed by atoms with Crippen molar-refractivity contribution in [1.82, 2.24) is 4.57 Å². The number of anilines is 1. The van der Waals surface area contributed by atoms with Crippen molar-refractivity contribution in [2.75, 3.05) is 5.32 Å². The molecule has 0 radical (unpaired) electrons. The summed E-state index contributed by atoms with van der Waals surface area (Å²) in [5, 5.41) is 3.11. The van der Waals surface area contributed by atoms with Gasteiger partial charge < -0.3 is 9.88 Å². The number of halogens is 1. The zero-order valence-electron chi connectivity index (χ0n) is 20.0. The number of carbonyl (C=O) groups excluding carboxylic acids is 1. The van der Waals surface area contributed by atoms with Crippen molar-refractivity contribution >= 4 is 11.6 Å². The number of carbonyl (C=O) groups is 1. The first-order valence-electron chi connectivity index (χ1n) is 11.9. The fourth-order valence-corrected chi connectivity index (χ4v) is 4.52. The van der Waals surface area contributed by atoms with Crippen molar-refractivity contribution in [3.05, 3.63) is 102 Å². The summed E-state index contributed by atoms with van der Waals surface area (Å²) in [5.74, 6) is -0.291. The summed E-state index contributed by atoms with van der Waals surface area (Å²) in [5.41, 5.74) is 6.16. The normalized spacial score (nSPS) is 11.1. The lowest BCUT2D eigenvalue weighted by atomic mass is 9.94. The van der Waals surface area contributed by atoms with Gasteiger partial charge in [0, 0.05) is 23.5 Å². The number of aromatic nitrogens is 1. The van der Waals surface area contributed by atoms with Gasteiger partial charge in [0.15, 0.2) is 0 Å². The SMILES string of the molecule is CCCCn1c(-c2ccc(F)cc2)c(-c2ccccc2)c(C(=O)Nc2ccccc2)c1C(C)C. The first kappa shape index (κ1) is 23.5. The van der Waals surface area contributed by atoms with Gasteiger partial charge in [-0.15, -0.1) is 0 Å². The molecule has 0 aliphatic rings. The molecule has 0 saturated carbocycles. The molecule has 34 heavy (non-hydrogen) atoms. The Hall–Kier alpha value is -3.66. The van der Waals surface area contributed by atoms with E-state index in [1.807, 2.05) is 72.8 Å². The van der Waals surface area contributed by atoms with Gasteiger partial charge in [-0.25, -0.2) is 4.39 Å². The Labute approximate surface area is 201 Å². The lowest BCUT2D eigenvalue weighted by molar-refractivity contribution is 0.102. The molecule has 0 spiro atoms. The third-order valence-corrected chi connectivity index (χ3v) is 6.02. The van der Waals surface area contributed by atoms with E-state index in [1.54, 1.807) is 0 Å². The van der Waals surface area contributed by atoms with Gasteiger partial charge in [0.1, 0.15) is 5.82 Å². The molecule has 1 heterocycles. The van der Waals surface area contributed by atoms with Gasteiger partial charge in [0.05, 0.1) is 11.3 Å². The van der Waals surface area contributed by atoms with Crippen LogP contribution >= 0.6 is 0 Å². The number of para-hydroxylation sites is 1. The van der Waals surface area contributed by atoms with Crippen LogP contribution in [0.5, 0.6) is 0 Å². The van der Waals surface area contributed by atoms with Crippen LogP contribution in [0.2, 0.25) is 0 Å². The van der Waals surface area contributed by atoms with E-state index in [1.165, 1.54) is 12.1 Å².